The van der Waals surface area contributed by atoms with Gasteiger partial charge in [-0.15, -0.1) is 0 Å². The van der Waals surface area contributed by atoms with Crippen molar-refractivity contribution in [1.82, 2.24) is 10.2 Å². The number of methoxy groups -OCH3 is 1. The van der Waals surface area contributed by atoms with Crippen LogP contribution in [0, 0.1) is 5.92 Å². The number of hydrogen-bond acceptors (Lipinski definition) is 4. The van der Waals surface area contributed by atoms with Crippen LogP contribution in [-0.2, 0) is 9.53 Å². The Morgan fingerprint density at radius 2 is 2.13 bits per heavy atom. The molecule has 1 aliphatic carbocycles. The zero-order chi connectivity index (χ0) is 10.8. The van der Waals surface area contributed by atoms with Crippen molar-refractivity contribution in [2.24, 2.45) is 5.92 Å². The van der Waals surface area contributed by atoms with Gasteiger partial charge in [-0.1, -0.05) is 0 Å². The summed E-state index contributed by atoms with van der Waals surface area (Å²) in [7, 11) is 3.59. The van der Waals surface area contributed by atoms with Crippen molar-refractivity contribution in [1.29, 1.82) is 0 Å². The van der Waals surface area contributed by atoms with Gasteiger partial charge in [0.25, 0.3) is 0 Å². The summed E-state index contributed by atoms with van der Waals surface area (Å²) < 4.78 is 4.86. The van der Waals surface area contributed by atoms with E-state index in [-0.39, 0.29) is 17.9 Å². The normalized spacial score (nSPS) is 32.7. The molecule has 1 saturated carbocycles. The van der Waals surface area contributed by atoms with Gasteiger partial charge in [0.15, 0.2) is 0 Å². The summed E-state index contributed by atoms with van der Waals surface area (Å²) in [5.74, 6) is -0.00644. The van der Waals surface area contributed by atoms with Gasteiger partial charge in [0, 0.05) is 18.6 Å². The Hall–Kier alpha value is -0.610. The second kappa shape index (κ2) is 4.49. The van der Waals surface area contributed by atoms with Gasteiger partial charge < -0.3 is 15.0 Å². The predicted molar refractivity (Wildman–Crippen MR) is 57.6 cm³/mol. The van der Waals surface area contributed by atoms with Crippen LogP contribution in [0.4, 0.5) is 0 Å². The minimum absolute atomic E-state index is 0.0480. The third-order valence-electron chi connectivity index (χ3n) is 3.35. The van der Waals surface area contributed by atoms with E-state index in [9.17, 15) is 4.79 Å². The van der Waals surface area contributed by atoms with E-state index in [0.717, 1.165) is 19.5 Å². The lowest BCUT2D eigenvalue weighted by atomic mass is 9.92. The zero-order valence-corrected chi connectivity index (χ0v) is 9.53. The first kappa shape index (κ1) is 10.9. The van der Waals surface area contributed by atoms with Gasteiger partial charge in [-0.3, -0.25) is 4.79 Å². The first-order chi connectivity index (χ1) is 7.20. The van der Waals surface area contributed by atoms with Gasteiger partial charge in [-0.25, -0.2) is 0 Å². The molecule has 4 heteroatoms. The van der Waals surface area contributed by atoms with Crippen molar-refractivity contribution in [2.75, 3.05) is 27.2 Å². The van der Waals surface area contributed by atoms with Crippen molar-refractivity contribution >= 4 is 5.97 Å². The molecule has 0 spiro atoms. The molecule has 86 valence electrons. The van der Waals surface area contributed by atoms with Crippen molar-refractivity contribution in [3.05, 3.63) is 0 Å². The van der Waals surface area contributed by atoms with E-state index in [1.807, 2.05) is 0 Å². The first-order valence-electron chi connectivity index (χ1n) is 5.73. The second-order valence-electron chi connectivity index (χ2n) is 4.73. The van der Waals surface area contributed by atoms with Crippen LogP contribution < -0.4 is 5.32 Å². The average Bonchev–Trinajstić information content (AvgIpc) is 3.01. The maximum Gasteiger partial charge on any atom is 0.310 e. The molecule has 0 aromatic heterocycles. The molecule has 15 heavy (non-hydrogen) atoms. The first-order valence-corrected chi connectivity index (χ1v) is 5.73. The van der Waals surface area contributed by atoms with Gasteiger partial charge in [-0.05, 0) is 32.9 Å². The molecule has 1 saturated heterocycles. The Kier molecular flexibility index (Phi) is 3.26. The quantitative estimate of drug-likeness (QED) is 0.680. The lowest BCUT2D eigenvalue weighted by molar-refractivity contribution is -0.148. The number of piperidine rings is 1. The van der Waals surface area contributed by atoms with E-state index in [0.29, 0.717) is 6.04 Å². The average molecular weight is 212 g/mol. The van der Waals surface area contributed by atoms with Crippen LogP contribution in [-0.4, -0.2) is 50.2 Å². The molecule has 4 nitrogen and oxygen atoms in total. The Labute approximate surface area is 91.0 Å². The molecule has 2 unspecified atom stereocenters. The summed E-state index contributed by atoms with van der Waals surface area (Å²) in [4.78, 5) is 13.9. The summed E-state index contributed by atoms with van der Waals surface area (Å²) in [6.07, 6.45) is 3.43. The molecule has 0 aromatic rings. The molecular weight excluding hydrogens is 192 g/mol. The third-order valence-corrected chi connectivity index (χ3v) is 3.35. The van der Waals surface area contributed by atoms with Crippen LogP contribution >= 0.6 is 0 Å². The molecule has 1 N–H and O–H groups in total. The number of carbonyl (C=O) groups is 1. The number of nitrogens with one attached hydrogen (secondary N) is 1. The van der Waals surface area contributed by atoms with Crippen molar-refractivity contribution in [3.63, 3.8) is 0 Å². The number of ether oxygens (including phenoxy) is 1. The highest BCUT2D eigenvalue weighted by molar-refractivity contribution is 5.73. The highest BCUT2D eigenvalue weighted by Gasteiger charge is 2.36. The SMILES string of the molecule is COC(=O)C1CCN(C)CC1NC1CC1. The van der Waals surface area contributed by atoms with Gasteiger partial charge in [-0.2, -0.15) is 0 Å². The number of carbonyl (C=O) groups excluding carboxylic acids is 1. The van der Waals surface area contributed by atoms with Gasteiger partial charge >= 0.3 is 5.97 Å². The Morgan fingerprint density at radius 3 is 2.73 bits per heavy atom. The Balaban J connectivity index is 1.95. The third kappa shape index (κ3) is 2.69. The number of nitrogens with zero attached hydrogens (tertiary/aromatic N) is 1. The minimum atomic E-state index is -0.0544. The smallest absolute Gasteiger partial charge is 0.310 e. The predicted octanol–water partition coefficient (Wildman–Crippen LogP) is 0.232. The second-order valence-corrected chi connectivity index (χ2v) is 4.73. The molecule has 2 rings (SSSR count). The molecule has 1 aliphatic heterocycles. The van der Waals surface area contributed by atoms with E-state index in [1.54, 1.807) is 0 Å². The van der Waals surface area contributed by atoms with E-state index in [2.05, 4.69) is 17.3 Å². The van der Waals surface area contributed by atoms with Crippen LogP contribution in [0.25, 0.3) is 0 Å². The summed E-state index contributed by atoms with van der Waals surface area (Å²) >= 11 is 0. The standard InChI is InChI=1S/C11H20N2O2/c1-13-6-5-9(11(14)15-2)10(7-13)12-8-3-4-8/h8-10,12H,3-7H2,1-2H3. The molecule has 2 atom stereocenters. The van der Waals surface area contributed by atoms with Crippen LogP contribution in [0.5, 0.6) is 0 Å². The van der Waals surface area contributed by atoms with E-state index >= 15 is 0 Å². The lowest BCUT2D eigenvalue weighted by Crippen LogP contribution is -2.52. The van der Waals surface area contributed by atoms with Crippen molar-refractivity contribution in [2.45, 2.75) is 31.3 Å². The molecule has 0 amide bonds. The number of hydrogen-bond donors (Lipinski definition) is 1. The lowest BCUT2D eigenvalue weighted by Gasteiger charge is -2.35. The zero-order valence-electron chi connectivity index (χ0n) is 9.53. The van der Waals surface area contributed by atoms with Crippen LogP contribution in [0.1, 0.15) is 19.3 Å². The van der Waals surface area contributed by atoms with Crippen molar-refractivity contribution in [3.8, 4) is 0 Å². The van der Waals surface area contributed by atoms with Gasteiger partial charge in [0.05, 0.1) is 13.0 Å². The topological polar surface area (TPSA) is 41.6 Å². The number of likely N-dealkylation sites (tertiary alicyclic amines) is 1. The fraction of sp³-hybridized carbons (Fsp3) is 0.909. The van der Waals surface area contributed by atoms with Crippen LogP contribution in [0.3, 0.4) is 0 Å². The summed E-state index contributed by atoms with van der Waals surface area (Å²) in [5.41, 5.74) is 0. The molecule has 0 bridgehead atoms. The monoisotopic (exact) mass is 212 g/mol. The van der Waals surface area contributed by atoms with Gasteiger partial charge in [0.2, 0.25) is 0 Å². The summed E-state index contributed by atoms with van der Waals surface area (Å²) in [5, 5.41) is 3.55. The number of rotatable bonds is 3. The largest absolute Gasteiger partial charge is 0.469 e. The van der Waals surface area contributed by atoms with E-state index in [1.165, 1.54) is 20.0 Å². The fourth-order valence-corrected chi connectivity index (χ4v) is 2.27. The Bertz CT molecular complexity index is 239. The van der Waals surface area contributed by atoms with E-state index in [4.69, 9.17) is 4.74 Å². The van der Waals surface area contributed by atoms with Crippen LogP contribution in [0.15, 0.2) is 0 Å². The molecule has 0 aromatic carbocycles. The maximum absolute atomic E-state index is 11.6. The number of esters is 1. The molecule has 2 aliphatic rings. The van der Waals surface area contributed by atoms with Crippen LogP contribution in [0.2, 0.25) is 0 Å². The highest BCUT2D eigenvalue weighted by atomic mass is 16.5. The van der Waals surface area contributed by atoms with E-state index < -0.39 is 0 Å². The molecule has 1 heterocycles. The summed E-state index contributed by atoms with van der Waals surface area (Å²) in [6.45, 7) is 1.94. The van der Waals surface area contributed by atoms with Crippen molar-refractivity contribution < 1.29 is 9.53 Å². The Morgan fingerprint density at radius 1 is 1.40 bits per heavy atom. The molecule has 0 radical (unpaired) electrons. The molecular formula is C11H20N2O2. The molecule has 2 fully saturated rings. The van der Waals surface area contributed by atoms with Gasteiger partial charge in [0.1, 0.15) is 0 Å². The minimum Gasteiger partial charge on any atom is -0.469 e. The fourth-order valence-electron chi connectivity index (χ4n) is 2.27. The number of likely N-dealkylation sites (N-methyl/N-ethyl adjacent to an activating group) is 1. The summed E-state index contributed by atoms with van der Waals surface area (Å²) in [6, 6.07) is 0.928. The highest BCUT2D eigenvalue weighted by Crippen LogP contribution is 2.25. The maximum atomic E-state index is 11.6.